The van der Waals surface area contributed by atoms with Crippen molar-refractivity contribution in [3.63, 3.8) is 0 Å². The summed E-state index contributed by atoms with van der Waals surface area (Å²) in [6.07, 6.45) is -0.732. The third-order valence-electron chi connectivity index (χ3n) is 9.61. The van der Waals surface area contributed by atoms with Crippen LogP contribution in [0, 0.1) is 0 Å². The molecule has 0 saturated heterocycles. The van der Waals surface area contributed by atoms with Crippen molar-refractivity contribution in [3.05, 3.63) is 167 Å². The normalized spacial score (nSPS) is 13.0. The Labute approximate surface area is 363 Å². The fourth-order valence-corrected chi connectivity index (χ4v) is 6.07. The number of carbonyl (C=O) groups is 3. The van der Waals surface area contributed by atoms with Crippen molar-refractivity contribution >= 4 is 40.4 Å². The van der Waals surface area contributed by atoms with Crippen LogP contribution in [0.25, 0.3) is 11.0 Å². The number of rotatable bonds is 19. The van der Waals surface area contributed by atoms with E-state index in [0.717, 1.165) is 17.9 Å². The van der Waals surface area contributed by atoms with E-state index in [9.17, 15) is 19.2 Å². The molecule has 63 heavy (non-hydrogen) atoms. The van der Waals surface area contributed by atoms with E-state index in [4.69, 9.17) is 37.6 Å². The van der Waals surface area contributed by atoms with Gasteiger partial charge in [0, 0.05) is 18.1 Å². The number of nitrogens with zero attached hydrogens (tertiary/aromatic N) is 2. The molecule has 0 aliphatic heterocycles. The molecule has 14 nitrogen and oxygen atoms in total. The molecule has 0 spiro atoms. The summed E-state index contributed by atoms with van der Waals surface area (Å²) in [4.78, 5) is 48.3. The zero-order chi connectivity index (χ0) is 44.7. The molecule has 4 unspecified atom stereocenters. The molecule has 0 amide bonds. The van der Waals surface area contributed by atoms with E-state index in [1.165, 1.54) is 41.5 Å². The summed E-state index contributed by atoms with van der Waals surface area (Å²) < 4.78 is 43.8. The molecule has 0 N–H and O–H groups in total. The van der Waals surface area contributed by atoms with E-state index in [2.05, 4.69) is 60.1 Å². The van der Waals surface area contributed by atoms with Gasteiger partial charge in [0.2, 0.25) is 0 Å². The summed E-state index contributed by atoms with van der Waals surface area (Å²) in [7, 11) is 0. The second-order valence-corrected chi connectivity index (χ2v) is 14.3. The van der Waals surface area contributed by atoms with E-state index in [1.54, 1.807) is 36.4 Å². The summed E-state index contributed by atoms with van der Waals surface area (Å²) in [6, 6.07) is 37.2. The lowest BCUT2D eigenvalue weighted by atomic mass is 9.93. The van der Waals surface area contributed by atoms with Crippen molar-refractivity contribution < 1.29 is 52.0 Å². The fraction of sp³-hybridized carbons (Fsp3) is 0.224. The Hall–Kier alpha value is -7.58. The molecular formula is C49H46N2O12. The molecule has 0 saturated carbocycles. The molecule has 6 aromatic rings. The zero-order valence-electron chi connectivity index (χ0n) is 35.1. The predicted octanol–water partition coefficient (Wildman–Crippen LogP) is 10.5. The summed E-state index contributed by atoms with van der Waals surface area (Å²) in [5.41, 5.74) is 2.97. The molecule has 14 heteroatoms. The van der Waals surface area contributed by atoms with E-state index in [1.807, 2.05) is 39.0 Å². The van der Waals surface area contributed by atoms with E-state index >= 15 is 0 Å². The second-order valence-electron chi connectivity index (χ2n) is 14.3. The lowest BCUT2D eigenvalue weighted by molar-refractivity contribution is -0.138. The van der Waals surface area contributed by atoms with Gasteiger partial charge in [0.1, 0.15) is 48.8 Å². The average molecular weight is 855 g/mol. The molecule has 5 aromatic carbocycles. The number of carbonyl (C=O) groups excluding carboxylic acids is 3. The lowest BCUT2D eigenvalue weighted by Crippen LogP contribution is -2.33. The van der Waals surface area contributed by atoms with Gasteiger partial charge in [0.05, 0.1) is 40.6 Å². The number of benzene rings is 5. The predicted molar refractivity (Wildman–Crippen MR) is 234 cm³/mol. The highest BCUT2D eigenvalue weighted by Crippen LogP contribution is 2.30. The topological polar surface area (TPSA) is 171 Å². The summed E-state index contributed by atoms with van der Waals surface area (Å²) in [5, 5.41) is 8.78. The van der Waals surface area contributed by atoms with Crippen LogP contribution in [0.4, 0.5) is 16.2 Å². The highest BCUT2D eigenvalue weighted by Gasteiger charge is 2.19. The minimum atomic E-state index is -1.14. The van der Waals surface area contributed by atoms with Crippen LogP contribution in [0.3, 0.4) is 0 Å². The van der Waals surface area contributed by atoms with Crippen LogP contribution >= 0.6 is 0 Å². The number of azo groups is 1. The van der Waals surface area contributed by atoms with Crippen LogP contribution in [0.2, 0.25) is 0 Å². The van der Waals surface area contributed by atoms with Crippen molar-refractivity contribution in [1.29, 1.82) is 0 Å². The quantitative estimate of drug-likeness (QED) is 0.0189. The lowest BCUT2D eigenvalue weighted by Gasteiger charge is -2.25. The molecule has 4 atom stereocenters. The maximum Gasteiger partial charge on any atom is 0.513 e. The van der Waals surface area contributed by atoms with Crippen LogP contribution in [0.15, 0.2) is 159 Å². The van der Waals surface area contributed by atoms with Crippen LogP contribution in [-0.2, 0) is 19.0 Å². The first kappa shape index (κ1) is 45.0. The first-order valence-corrected chi connectivity index (χ1v) is 20.1. The Morgan fingerprint density at radius 1 is 0.683 bits per heavy atom. The molecule has 0 radical (unpaired) electrons. The standard InChI is InChI=1S/C49H46N2O12/c1-6-46(52)56-26-27-57-49(55)63-45-29-47(53)62-44-28-42(24-25-43(44)45)61-48(54)37-12-16-38(17-13-37)50-51-39-18-22-40(23-19-39)58-30-31(2)59-33(4)34(5)60-41-20-14-36(15-21-41)32(3)35-10-8-7-9-11-35/h6-25,28-29,31-34H,1,26-27,30H2,2-5H3. The Morgan fingerprint density at radius 3 is 1.98 bits per heavy atom. The fourth-order valence-electron chi connectivity index (χ4n) is 6.07. The van der Waals surface area contributed by atoms with E-state index < -0.39 is 23.7 Å². The van der Waals surface area contributed by atoms with Crippen molar-refractivity contribution in [2.75, 3.05) is 19.8 Å². The molecular weight excluding hydrogens is 809 g/mol. The van der Waals surface area contributed by atoms with Gasteiger partial charge in [0.25, 0.3) is 0 Å². The molecule has 0 bridgehead atoms. The minimum absolute atomic E-state index is 0.0111. The Morgan fingerprint density at radius 2 is 1.30 bits per heavy atom. The van der Waals surface area contributed by atoms with Crippen molar-refractivity contribution in [2.24, 2.45) is 10.2 Å². The number of ether oxygens (including phenoxy) is 7. The van der Waals surface area contributed by atoms with E-state index in [0.29, 0.717) is 23.7 Å². The third-order valence-corrected chi connectivity index (χ3v) is 9.61. The van der Waals surface area contributed by atoms with Crippen LogP contribution in [-0.4, -0.2) is 56.2 Å². The maximum absolute atomic E-state index is 12.9. The van der Waals surface area contributed by atoms with Gasteiger partial charge in [-0.1, -0.05) is 56.0 Å². The van der Waals surface area contributed by atoms with Gasteiger partial charge in [-0.25, -0.2) is 19.2 Å². The number of hydrogen-bond acceptors (Lipinski definition) is 14. The van der Waals surface area contributed by atoms with Crippen molar-refractivity contribution in [3.8, 4) is 23.0 Å². The first-order chi connectivity index (χ1) is 30.4. The smallest absolute Gasteiger partial charge is 0.491 e. The first-order valence-electron chi connectivity index (χ1n) is 20.1. The number of hydrogen-bond donors (Lipinski definition) is 0. The highest BCUT2D eigenvalue weighted by atomic mass is 16.7. The Balaban J connectivity index is 0.932. The van der Waals surface area contributed by atoms with Crippen LogP contribution in [0.1, 0.15) is 55.1 Å². The van der Waals surface area contributed by atoms with Gasteiger partial charge < -0.3 is 37.6 Å². The minimum Gasteiger partial charge on any atom is -0.491 e. The molecule has 6 rings (SSSR count). The van der Waals surface area contributed by atoms with Gasteiger partial charge in [-0.05, 0) is 105 Å². The van der Waals surface area contributed by atoms with Gasteiger partial charge in [-0.15, -0.1) is 0 Å². The monoisotopic (exact) mass is 854 g/mol. The third kappa shape index (κ3) is 13.2. The van der Waals surface area contributed by atoms with Gasteiger partial charge in [-0.2, -0.15) is 10.2 Å². The Kier molecular flexibility index (Phi) is 15.6. The zero-order valence-corrected chi connectivity index (χ0v) is 35.1. The number of fused-ring (bicyclic) bond motifs is 1. The van der Waals surface area contributed by atoms with Gasteiger partial charge >= 0.3 is 23.7 Å². The Bertz CT molecular complexity index is 2570. The maximum atomic E-state index is 12.9. The summed E-state index contributed by atoms with van der Waals surface area (Å²) in [5.74, 6) is 0.286. The molecule has 324 valence electrons. The van der Waals surface area contributed by atoms with Gasteiger partial charge in [-0.3, -0.25) is 0 Å². The van der Waals surface area contributed by atoms with Crippen LogP contribution in [0.5, 0.6) is 23.0 Å². The summed E-state index contributed by atoms with van der Waals surface area (Å²) >= 11 is 0. The average Bonchev–Trinajstić information content (AvgIpc) is 3.29. The molecule has 0 fully saturated rings. The number of esters is 2. The highest BCUT2D eigenvalue weighted by molar-refractivity contribution is 5.92. The largest absolute Gasteiger partial charge is 0.513 e. The molecule has 0 aliphatic rings. The molecule has 1 heterocycles. The van der Waals surface area contributed by atoms with Crippen molar-refractivity contribution in [1.82, 2.24) is 0 Å². The summed E-state index contributed by atoms with van der Waals surface area (Å²) in [6.45, 7) is 11.2. The SMILES string of the molecule is C=CC(=O)OCCOC(=O)Oc1cc(=O)oc2cc(OC(=O)c3ccc(N=Nc4ccc(OCC(C)OC(C)C(C)Oc5ccc(C(C)c6ccccc6)cc5)cc4)cc3)ccc12. The van der Waals surface area contributed by atoms with Crippen LogP contribution < -0.4 is 24.6 Å². The van der Waals surface area contributed by atoms with Gasteiger partial charge in [0.15, 0.2) is 5.75 Å². The molecule has 1 aromatic heterocycles. The second kappa shape index (κ2) is 21.8. The molecule has 0 aliphatic carbocycles. The van der Waals surface area contributed by atoms with E-state index in [-0.39, 0.29) is 65.5 Å². The van der Waals surface area contributed by atoms with Crippen molar-refractivity contribution in [2.45, 2.75) is 51.9 Å².